The SMILES string of the molecule is CCC(NCc1ccc(F)cc1C)C1CCCCC1. The highest BCUT2D eigenvalue weighted by atomic mass is 19.1. The molecule has 1 nitrogen and oxygen atoms in total. The van der Waals surface area contributed by atoms with Crippen LogP contribution in [0.15, 0.2) is 18.2 Å². The van der Waals surface area contributed by atoms with Gasteiger partial charge in [-0.1, -0.05) is 32.3 Å². The molecule has 2 heteroatoms. The lowest BCUT2D eigenvalue weighted by atomic mass is 9.83. The zero-order valence-electron chi connectivity index (χ0n) is 12.2. The van der Waals surface area contributed by atoms with E-state index in [4.69, 9.17) is 0 Å². The quantitative estimate of drug-likeness (QED) is 0.819. The second kappa shape index (κ2) is 7.04. The van der Waals surface area contributed by atoms with Crippen molar-refractivity contribution in [3.05, 3.63) is 35.1 Å². The standard InChI is InChI=1S/C17H26FN/c1-3-17(14-7-5-4-6-8-14)19-12-15-9-10-16(18)11-13(15)2/h9-11,14,17,19H,3-8,12H2,1-2H3. The molecule has 0 spiro atoms. The molecule has 1 unspecified atom stereocenters. The minimum Gasteiger partial charge on any atom is -0.310 e. The summed E-state index contributed by atoms with van der Waals surface area (Å²) in [5.74, 6) is 0.695. The second-order valence-corrected chi connectivity index (χ2v) is 5.86. The molecule has 19 heavy (non-hydrogen) atoms. The lowest BCUT2D eigenvalue weighted by Gasteiger charge is -2.30. The van der Waals surface area contributed by atoms with E-state index >= 15 is 0 Å². The highest BCUT2D eigenvalue weighted by molar-refractivity contribution is 5.26. The van der Waals surface area contributed by atoms with Crippen molar-refractivity contribution >= 4 is 0 Å². The minimum absolute atomic E-state index is 0.138. The van der Waals surface area contributed by atoms with Crippen molar-refractivity contribution in [3.63, 3.8) is 0 Å². The van der Waals surface area contributed by atoms with Gasteiger partial charge in [-0.3, -0.25) is 0 Å². The first-order valence-electron chi connectivity index (χ1n) is 7.69. The summed E-state index contributed by atoms with van der Waals surface area (Å²) < 4.78 is 13.1. The van der Waals surface area contributed by atoms with Crippen molar-refractivity contribution in [1.29, 1.82) is 0 Å². The molecule has 1 saturated carbocycles. The Balaban J connectivity index is 1.91. The van der Waals surface area contributed by atoms with E-state index in [-0.39, 0.29) is 5.82 Å². The third-order valence-electron chi connectivity index (χ3n) is 4.52. The second-order valence-electron chi connectivity index (χ2n) is 5.86. The highest BCUT2D eigenvalue weighted by Gasteiger charge is 2.21. The van der Waals surface area contributed by atoms with Gasteiger partial charge in [-0.2, -0.15) is 0 Å². The predicted octanol–water partition coefficient (Wildman–Crippen LogP) is 4.58. The van der Waals surface area contributed by atoms with Gasteiger partial charge in [0.05, 0.1) is 0 Å². The molecule has 0 amide bonds. The van der Waals surface area contributed by atoms with Crippen molar-refractivity contribution in [2.75, 3.05) is 0 Å². The topological polar surface area (TPSA) is 12.0 Å². The van der Waals surface area contributed by atoms with Gasteiger partial charge in [0.1, 0.15) is 5.82 Å². The summed E-state index contributed by atoms with van der Waals surface area (Å²) >= 11 is 0. The number of hydrogen-bond acceptors (Lipinski definition) is 1. The molecule has 0 bridgehead atoms. The van der Waals surface area contributed by atoms with Crippen LogP contribution in [0.1, 0.15) is 56.6 Å². The van der Waals surface area contributed by atoms with E-state index in [1.54, 1.807) is 12.1 Å². The fourth-order valence-electron chi connectivity index (χ4n) is 3.28. The Bertz CT molecular complexity index is 396. The molecule has 0 saturated heterocycles. The molecule has 1 atom stereocenters. The Labute approximate surface area is 116 Å². The van der Waals surface area contributed by atoms with E-state index in [9.17, 15) is 4.39 Å². The monoisotopic (exact) mass is 263 g/mol. The molecular formula is C17H26FN. The molecule has 1 aromatic carbocycles. The number of nitrogens with one attached hydrogen (secondary N) is 1. The largest absolute Gasteiger partial charge is 0.310 e. The van der Waals surface area contributed by atoms with Crippen LogP contribution in [0.4, 0.5) is 4.39 Å². The number of halogens is 1. The smallest absolute Gasteiger partial charge is 0.123 e. The van der Waals surface area contributed by atoms with Crippen LogP contribution in [0.3, 0.4) is 0 Å². The van der Waals surface area contributed by atoms with E-state index < -0.39 is 0 Å². The summed E-state index contributed by atoms with van der Waals surface area (Å²) in [5, 5.41) is 3.69. The molecule has 0 aromatic heterocycles. The number of aryl methyl sites for hydroxylation is 1. The molecule has 0 aliphatic heterocycles. The van der Waals surface area contributed by atoms with Crippen LogP contribution in [0.2, 0.25) is 0 Å². The summed E-state index contributed by atoms with van der Waals surface area (Å²) in [6.07, 6.45) is 8.10. The Morgan fingerprint density at radius 1 is 1.26 bits per heavy atom. The van der Waals surface area contributed by atoms with Gasteiger partial charge in [0.15, 0.2) is 0 Å². The van der Waals surface area contributed by atoms with Gasteiger partial charge in [0, 0.05) is 12.6 Å². The first-order valence-corrected chi connectivity index (χ1v) is 7.69. The summed E-state index contributed by atoms with van der Waals surface area (Å²) in [7, 11) is 0. The average molecular weight is 263 g/mol. The third kappa shape index (κ3) is 4.04. The molecule has 106 valence electrons. The molecule has 2 rings (SSSR count). The fraction of sp³-hybridized carbons (Fsp3) is 0.647. The third-order valence-corrected chi connectivity index (χ3v) is 4.52. The van der Waals surface area contributed by atoms with Gasteiger partial charge in [0.25, 0.3) is 0 Å². The summed E-state index contributed by atoms with van der Waals surface area (Å²) in [5.41, 5.74) is 2.27. The molecule has 0 radical (unpaired) electrons. The van der Waals surface area contributed by atoms with Crippen molar-refractivity contribution in [2.45, 2.75) is 65.0 Å². The first kappa shape index (κ1) is 14.5. The van der Waals surface area contributed by atoms with Gasteiger partial charge in [0.2, 0.25) is 0 Å². The lowest BCUT2D eigenvalue weighted by Crippen LogP contribution is -2.36. The maximum Gasteiger partial charge on any atom is 0.123 e. The summed E-state index contributed by atoms with van der Waals surface area (Å²) in [6.45, 7) is 5.12. The van der Waals surface area contributed by atoms with Crippen LogP contribution in [0, 0.1) is 18.7 Å². The van der Waals surface area contributed by atoms with Crippen LogP contribution >= 0.6 is 0 Å². The Kier molecular flexibility index (Phi) is 5.38. The molecular weight excluding hydrogens is 237 g/mol. The first-order chi connectivity index (χ1) is 9.20. The highest BCUT2D eigenvalue weighted by Crippen LogP contribution is 2.28. The number of rotatable bonds is 5. The molecule has 1 aliphatic carbocycles. The van der Waals surface area contributed by atoms with Crippen LogP contribution in [0.25, 0.3) is 0 Å². The fourth-order valence-corrected chi connectivity index (χ4v) is 3.28. The van der Waals surface area contributed by atoms with Crippen molar-refractivity contribution in [2.24, 2.45) is 5.92 Å². The van der Waals surface area contributed by atoms with Gasteiger partial charge in [-0.25, -0.2) is 4.39 Å². The summed E-state index contributed by atoms with van der Waals surface area (Å²) in [4.78, 5) is 0. The van der Waals surface area contributed by atoms with E-state index in [1.165, 1.54) is 44.1 Å². The normalized spacial score (nSPS) is 18.5. The molecule has 1 N–H and O–H groups in total. The zero-order chi connectivity index (χ0) is 13.7. The average Bonchev–Trinajstić information content (AvgIpc) is 2.43. The Morgan fingerprint density at radius 3 is 2.63 bits per heavy atom. The van der Waals surface area contributed by atoms with Gasteiger partial charge in [-0.05, 0) is 55.4 Å². The van der Waals surface area contributed by atoms with E-state index in [1.807, 2.05) is 13.0 Å². The van der Waals surface area contributed by atoms with E-state index in [2.05, 4.69) is 12.2 Å². The Hall–Kier alpha value is -0.890. The number of hydrogen-bond donors (Lipinski definition) is 1. The maximum atomic E-state index is 13.1. The lowest BCUT2D eigenvalue weighted by molar-refractivity contribution is 0.261. The molecule has 1 aliphatic rings. The van der Waals surface area contributed by atoms with Crippen molar-refractivity contribution < 1.29 is 4.39 Å². The van der Waals surface area contributed by atoms with Crippen LogP contribution in [0.5, 0.6) is 0 Å². The van der Waals surface area contributed by atoms with Gasteiger partial charge < -0.3 is 5.32 Å². The van der Waals surface area contributed by atoms with Crippen LogP contribution in [-0.4, -0.2) is 6.04 Å². The van der Waals surface area contributed by atoms with Crippen LogP contribution < -0.4 is 5.32 Å². The van der Waals surface area contributed by atoms with Crippen LogP contribution in [-0.2, 0) is 6.54 Å². The van der Waals surface area contributed by atoms with Gasteiger partial charge >= 0.3 is 0 Å². The minimum atomic E-state index is -0.138. The van der Waals surface area contributed by atoms with E-state index in [0.29, 0.717) is 6.04 Å². The molecule has 1 aromatic rings. The Morgan fingerprint density at radius 2 is 2.00 bits per heavy atom. The molecule has 1 fully saturated rings. The van der Waals surface area contributed by atoms with Crippen molar-refractivity contribution in [3.8, 4) is 0 Å². The van der Waals surface area contributed by atoms with E-state index in [0.717, 1.165) is 18.0 Å². The maximum absolute atomic E-state index is 13.1. The van der Waals surface area contributed by atoms with Crippen molar-refractivity contribution in [1.82, 2.24) is 5.32 Å². The van der Waals surface area contributed by atoms with Gasteiger partial charge in [-0.15, -0.1) is 0 Å². The zero-order valence-corrected chi connectivity index (χ0v) is 12.2. The summed E-state index contributed by atoms with van der Waals surface area (Å²) in [6, 6.07) is 5.71. The molecule has 0 heterocycles. The predicted molar refractivity (Wildman–Crippen MR) is 78.6 cm³/mol. The number of benzene rings is 1.